The third kappa shape index (κ3) is 3.76. The highest BCUT2D eigenvalue weighted by molar-refractivity contribution is 7.07. The molecule has 3 aromatic carbocycles. The van der Waals surface area contributed by atoms with Crippen LogP contribution in [0, 0.1) is 5.82 Å². The summed E-state index contributed by atoms with van der Waals surface area (Å²) in [5.41, 5.74) is 5.75. The summed E-state index contributed by atoms with van der Waals surface area (Å²) in [5, 5.41) is 10.0. The molecular formula is C29H23FN2O3S. The van der Waals surface area contributed by atoms with Gasteiger partial charge in [0.1, 0.15) is 5.82 Å². The first-order chi connectivity index (χ1) is 17.5. The number of rotatable bonds is 4. The molecule has 1 aliphatic heterocycles. The number of phenolic OH excluding ortho intramolecular Hbond substituents is 1. The lowest BCUT2D eigenvalue weighted by molar-refractivity contribution is 0.318. The fraction of sp³-hybridized carbons (Fsp3) is 0.172. The second kappa shape index (κ2) is 8.91. The summed E-state index contributed by atoms with van der Waals surface area (Å²) >= 11 is 1.33. The first kappa shape index (κ1) is 22.5. The Morgan fingerprint density at radius 3 is 2.75 bits per heavy atom. The molecule has 7 heteroatoms. The second-order valence-electron chi connectivity index (χ2n) is 8.83. The Bertz CT molecular complexity index is 1700. The first-order valence-corrected chi connectivity index (χ1v) is 12.7. The summed E-state index contributed by atoms with van der Waals surface area (Å²) in [6.45, 7) is 2.27. The molecule has 0 saturated carbocycles. The standard InChI is InChI=1S/C29H23FN2O3S/c1-2-35-24-15-17(7-14-23(24)33)16-25-28(34)32-27(19-8-11-20(30)12-9-19)22-13-10-18-5-3-4-6-21(18)26(22)31-29(32)36-25/h3-9,11-12,14-16,27,33H,2,10,13H2,1H3/b25-16+/t27-/m1/s1. The summed E-state index contributed by atoms with van der Waals surface area (Å²) in [5.74, 6) is 0.111. The van der Waals surface area contributed by atoms with Gasteiger partial charge in [-0.25, -0.2) is 9.38 Å². The summed E-state index contributed by atoms with van der Waals surface area (Å²) in [6, 6.07) is 19.3. The van der Waals surface area contributed by atoms with Crippen LogP contribution in [0.15, 0.2) is 82.1 Å². The summed E-state index contributed by atoms with van der Waals surface area (Å²) in [6.07, 6.45) is 3.43. The molecule has 2 aliphatic rings. The molecule has 0 amide bonds. The molecular weight excluding hydrogens is 475 g/mol. The second-order valence-corrected chi connectivity index (χ2v) is 9.83. The maximum absolute atomic E-state index is 13.8. The number of thiazole rings is 1. The van der Waals surface area contributed by atoms with Crippen molar-refractivity contribution in [2.75, 3.05) is 6.61 Å². The number of ether oxygens (including phenoxy) is 1. The smallest absolute Gasteiger partial charge is 0.271 e. The molecule has 6 rings (SSSR count). The molecule has 1 N–H and O–H groups in total. The van der Waals surface area contributed by atoms with Crippen LogP contribution in [0.25, 0.3) is 11.8 Å². The van der Waals surface area contributed by atoms with Gasteiger partial charge in [-0.15, -0.1) is 0 Å². The van der Waals surface area contributed by atoms with Gasteiger partial charge in [0, 0.05) is 5.56 Å². The lowest BCUT2D eigenvalue weighted by Crippen LogP contribution is -2.38. The van der Waals surface area contributed by atoms with Crippen molar-refractivity contribution in [1.82, 2.24) is 4.57 Å². The van der Waals surface area contributed by atoms with Crippen molar-refractivity contribution in [3.8, 4) is 11.5 Å². The zero-order chi connectivity index (χ0) is 24.8. The summed E-state index contributed by atoms with van der Waals surface area (Å²) in [7, 11) is 0. The first-order valence-electron chi connectivity index (χ1n) is 11.9. The van der Waals surface area contributed by atoms with Crippen LogP contribution in [0.4, 0.5) is 4.39 Å². The Kier molecular flexibility index (Phi) is 5.57. The van der Waals surface area contributed by atoms with Crippen molar-refractivity contribution >= 4 is 23.1 Å². The highest BCUT2D eigenvalue weighted by Gasteiger charge is 2.32. The number of aromatic nitrogens is 1. The van der Waals surface area contributed by atoms with Crippen molar-refractivity contribution < 1.29 is 14.2 Å². The third-order valence-electron chi connectivity index (χ3n) is 6.64. The van der Waals surface area contributed by atoms with Crippen molar-refractivity contribution in [2.45, 2.75) is 25.8 Å². The number of aryl methyl sites for hydroxylation is 1. The number of aromatic hydroxyl groups is 1. The van der Waals surface area contributed by atoms with Crippen LogP contribution < -0.4 is 19.6 Å². The summed E-state index contributed by atoms with van der Waals surface area (Å²) < 4.78 is 21.6. The molecule has 0 fully saturated rings. The number of benzene rings is 3. The Balaban J connectivity index is 1.58. The van der Waals surface area contributed by atoms with Crippen molar-refractivity contribution in [1.29, 1.82) is 0 Å². The van der Waals surface area contributed by atoms with E-state index in [1.165, 1.54) is 29.0 Å². The zero-order valence-corrected chi connectivity index (χ0v) is 20.4. The minimum Gasteiger partial charge on any atom is -0.504 e. The normalized spacial score (nSPS) is 16.7. The van der Waals surface area contributed by atoms with E-state index in [9.17, 15) is 14.3 Å². The molecule has 1 aliphatic carbocycles. The minimum atomic E-state index is -0.355. The van der Waals surface area contributed by atoms with Crippen LogP contribution in [-0.2, 0) is 6.42 Å². The maximum Gasteiger partial charge on any atom is 0.271 e. The van der Waals surface area contributed by atoms with Gasteiger partial charge >= 0.3 is 0 Å². The maximum atomic E-state index is 13.8. The molecule has 0 radical (unpaired) electrons. The van der Waals surface area contributed by atoms with Gasteiger partial charge in [0.15, 0.2) is 16.3 Å². The molecule has 0 saturated heterocycles. The molecule has 1 aromatic heterocycles. The Hall–Kier alpha value is -3.97. The lowest BCUT2D eigenvalue weighted by atomic mass is 9.83. The van der Waals surface area contributed by atoms with Gasteiger partial charge in [-0.2, -0.15) is 0 Å². The molecule has 36 heavy (non-hydrogen) atoms. The molecule has 1 atom stereocenters. The SMILES string of the molecule is CCOc1cc(/C=c2/sc3n(c2=O)[C@H](c2ccc(F)cc2)C2=C(N=3)c3ccccc3CC2)ccc1O. The van der Waals surface area contributed by atoms with Crippen LogP contribution in [0.5, 0.6) is 11.5 Å². The van der Waals surface area contributed by atoms with Gasteiger partial charge in [-0.05, 0) is 72.4 Å². The third-order valence-corrected chi connectivity index (χ3v) is 7.62. The van der Waals surface area contributed by atoms with Gasteiger partial charge < -0.3 is 9.84 Å². The molecule has 5 nitrogen and oxygen atoms in total. The van der Waals surface area contributed by atoms with Gasteiger partial charge in [0.25, 0.3) is 5.56 Å². The average Bonchev–Trinajstić information content (AvgIpc) is 3.20. The zero-order valence-electron chi connectivity index (χ0n) is 19.6. The number of fused-ring (bicyclic) bond motifs is 3. The van der Waals surface area contributed by atoms with Gasteiger partial charge in [0.05, 0.1) is 22.9 Å². The minimum absolute atomic E-state index is 0.0538. The van der Waals surface area contributed by atoms with E-state index in [1.54, 1.807) is 41.0 Å². The quantitative estimate of drug-likeness (QED) is 0.449. The summed E-state index contributed by atoms with van der Waals surface area (Å²) in [4.78, 5) is 19.4. The largest absolute Gasteiger partial charge is 0.504 e. The van der Waals surface area contributed by atoms with Crippen LogP contribution in [0.1, 0.15) is 41.6 Å². The van der Waals surface area contributed by atoms with E-state index in [4.69, 9.17) is 9.73 Å². The fourth-order valence-electron chi connectivity index (χ4n) is 5.01. The van der Waals surface area contributed by atoms with Crippen LogP contribution in [0.3, 0.4) is 0 Å². The van der Waals surface area contributed by atoms with E-state index in [0.29, 0.717) is 21.7 Å². The monoisotopic (exact) mass is 498 g/mol. The molecule has 4 aromatic rings. The van der Waals surface area contributed by atoms with E-state index in [1.807, 2.05) is 19.1 Å². The lowest BCUT2D eigenvalue weighted by Gasteiger charge is -2.30. The molecule has 2 heterocycles. The van der Waals surface area contributed by atoms with Crippen LogP contribution >= 0.6 is 11.3 Å². The van der Waals surface area contributed by atoms with Crippen LogP contribution in [0.2, 0.25) is 0 Å². The molecule has 0 spiro atoms. The fourth-order valence-corrected chi connectivity index (χ4v) is 6.01. The van der Waals surface area contributed by atoms with Crippen LogP contribution in [-0.4, -0.2) is 16.3 Å². The Labute approximate surface area is 210 Å². The topological polar surface area (TPSA) is 63.8 Å². The van der Waals surface area contributed by atoms with Gasteiger partial charge in [0.2, 0.25) is 0 Å². The van der Waals surface area contributed by atoms with Crippen molar-refractivity contribution in [3.05, 3.63) is 120 Å². The highest BCUT2D eigenvalue weighted by Crippen LogP contribution is 2.41. The van der Waals surface area contributed by atoms with Crippen molar-refractivity contribution in [2.24, 2.45) is 4.99 Å². The van der Waals surface area contributed by atoms with E-state index < -0.39 is 0 Å². The van der Waals surface area contributed by atoms with E-state index in [2.05, 4.69) is 12.1 Å². The van der Waals surface area contributed by atoms with Crippen molar-refractivity contribution in [3.63, 3.8) is 0 Å². The number of hydrogen-bond acceptors (Lipinski definition) is 5. The molecule has 180 valence electrons. The van der Waals surface area contributed by atoms with E-state index in [-0.39, 0.29) is 23.2 Å². The predicted octanol–water partition coefficient (Wildman–Crippen LogP) is 4.56. The average molecular weight is 499 g/mol. The van der Waals surface area contributed by atoms with Gasteiger partial charge in [-0.3, -0.25) is 9.36 Å². The number of allylic oxidation sites excluding steroid dienone is 1. The number of hydrogen-bond donors (Lipinski definition) is 1. The Morgan fingerprint density at radius 1 is 1.14 bits per heavy atom. The molecule has 0 bridgehead atoms. The van der Waals surface area contributed by atoms with E-state index >= 15 is 0 Å². The van der Waals surface area contributed by atoms with E-state index in [0.717, 1.165) is 40.8 Å². The molecule has 0 unspecified atom stereocenters. The number of halogens is 1. The van der Waals surface area contributed by atoms with Gasteiger partial charge in [-0.1, -0.05) is 53.8 Å². The highest BCUT2D eigenvalue weighted by atomic mass is 32.1. The number of nitrogens with zero attached hydrogens (tertiary/aromatic N) is 2. The number of phenols is 1. The Morgan fingerprint density at radius 2 is 1.94 bits per heavy atom. The predicted molar refractivity (Wildman–Crippen MR) is 138 cm³/mol.